The molecule has 1 saturated heterocycles. The molecule has 2 aromatic carbocycles. The van der Waals surface area contributed by atoms with Gasteiger partial charge in [-0.25, -0.2) is 4.79 Å². The second-order valence-corrected chi connectivity index (χ2v) is 7.05. The number of fused-ring (bicyclic) bond motifs is 3. The van der Waals surface area contributed by atoms with Gasteiger partial charge in [0, 0.05) is 6.42 Å². The molecule has 2 aliphatic rings. The van der Waals surface area contributed by atoms with Crippen molar-refractivity contribution in [3.63, 3.8) is 0 Å². The maximum atomic E-state index is 12.5. The molecule has 0 saturated carbocycles. The van der Waals surface area contributed by atoms with Gasteiger partial charge < -0.3 is 9.47 Å². The maximum Gasteiger partial charge on any atom is 0.415 e. The molecule has 4 nitrogen and oxygen atoms in total. The summed E-state index contributed by atoms with van der Waals surface area (Å²) in [5.41, 5.74) is 2.69. The lowest BCUT2D eigenvalue weighted by molar-refractivity contribution is -0.136. The summed E-state index contributed by atoms with van der Waals surface area (Å²) < 4.78 is 47.8. The Kier molecular flexibility index (Phi) is 4.91. The molecule has 0 unspecified atom stereocenters. The molecular weight excluding hydrogens is 371 g/mol. The SMILES string of the molecule is O=C1O[C@@H](c2ccccc2)[C@@H]2CCc3cc(OCCCC(F)(F)F)ccc3N12. The van der Waals surface area contributed by atoms with E-state index in [1.54, 1.807) is 17.0 Å². The summed E-state index contributed by atoms with van der Waals surface area (Å²) in [6.45, 7) is 0.00274. The molecule has 1 amide bonds. The van der Waals surface area contributed by atoms with Gasteiger partial charge in [0.05, 0.1) is 18.3 Å². The van der Waals surface area contributed by atoms with Gasteiger partial charge in [0.1, 0.15) is 11.9 Å². The fraction of sp³-hybridized carbons (Fsp3) is 0.381. The van der Waals surface area contributed by atoms with Crippen LogP contribution < -0.4 is 9.64 Å². The smallest absolute Gasteiger partial charge is 0.415 e. The Morgan fingerprint density at radius 2 is 1.93 bits per heavy atom. The zero-order valence-electron chi connectivity index (χ0n) is 15.1. The van der Waals surface area contributed by atoms with Crippen LogP contribution >= 0.6 is 0 Å². The molecule has 2 heterocycles. The van der Waals surface area contributed by atoms with Gasteiger partial charge >= 0.3 is 12.3 Å². The Morgan fingerprint density at radius 1 is 1.14 bits per heavy atom. The van der Waals surface area contributed by atoms with E-state index in [0.717, 1.165) is 29.7 Å². The first kappa shape index (κ1) is 18.7. The summed E-state index contributed by atoms with van der Waals surface area (Å²) in [5.74, 6) is 0.520. The second kappa shape index (κ2) is 7.37. The van der Waals surface area contributed by atoms with Crippen LogP contribution in [0, 0.1) is 0 Å². The average Bonchev–Trinajstić information content (AvgIpc) is 3.02. The van der Waals surface area contributed by atoms with Crippen LogP contribution in [0.5, 0.6) is 5.75 Å². The van der Waals surface area contributed by atoms with E-state index in [-0.39, 0.29) is 31.3 Å². The second-order valence-electron chi connectivity index (χ2n) is 7.05. The number of rotatable bonds is 5. The minimum atomic E-state index is -4.17. The number of amides is 1. The Balaban J connectivity index is 1.47. The van der Waals surface area contributed by atoms with Gasteiger partial charge in [-0.15, -0.1) is 0 Å². The summed E-state index contributed by atoms with van der Waals surface area (Å²) in [6, 6.07) is 14.9. The lowest BCUT2D eigenvalue weighted by Gasteiger charge is -2.31. The van der Waals surface area contributed by atoms with E-state index in [1.807, 2.05) is 36.4 Å². The first-order valence-electron chi connectivity index (χ1n) is 9.30. The predicted octanol–water partition coefficient (Wildman–Crippen LogP) is 5.42. The molecule has 1 fully saturated rings. The van der Waals surface area contributed by atoms with Crippen LogP contribution in [0.25, 0.3) is 0 Å². The Hall–Kier alpha value is -2.70. The van der Waals surface area contributed by atoms with Crippen LogP contribution in [-0.4, -0.2) is 24.9 Å². The number of halogens is 3. The summed E-state index contributed by atoms with van der Waals surface area (Å²) in [6.07, 6.45) is -4.30. The predicted molar refractivity (Wildman–Crippen MR) is 97.5 cm³/mol. The van der Waals surface area contributed by atoms with E-state index >= 15 is 0 Å². The van der Waals surface area contributed by atoms with Gasteiger partial charge in [0.15, 0.2) is 0 Å². The van der Waals surface area contributed by atoms with Crippen LogP contribution in [0.1, 0.15) is 36.5 Å². The van der Waals surface area contributed by atoms with Crippen LogP contribution in [0.4, 0.5) is 23.7 Å². The third-order valence-electron chi connectivity index (χ3n) is 5.13. The third-order valence-corrected chi connectivity index (χ3v) is 5.13. The average molecular weight is 391 g/mol. The highest BCUT2D eigenvalue weighted by molar-refractivity contribution is 5.92. The number of alkyl halides is 3. The lowest BCUT2D eigenvalue weighted by atomic mass is 9.91. The first-order chi connectivity index (χ1) is 13.4. The largest absolute Gasteiger partial charge is 0.494 e. The quantitative estimate of drug-likeness (QED) is 0.639. The van der Waals surface area contributed by atoms with E-state index < -0.39 is 12.6 Å². The molecule has 0 radical (unpaired) electrons. The number of hydrogen-bond donors (Lipinski definition) is 0. The number of hydrogen-bond acceptors (Lipinski definition) is 3. The van der Waals surface area contributed by atoms with E-state index in [0.29, 0.717) is 5.75 Å². The molecule has 148 valence electrons. The normalized spacial score (nSPS) is 21.1. The Labute approximate surface area is 160 Å². The van der Waals surface area contributed by atoms with Crippen LogP contribution in [0.2, 0.25) is 0 Å². The van der Waals surface area contributed by atoms with Crippen LogP contribution in [0.15, 0.2) is 48.5 Å². The fourth-order valence-electron chi connectivity index (χ4n) is 3.86. The van der Waals surface area contributed by atoms with Gasteiger partial charge in [0.25, 0.3) is 0 Å². The monoisotopic (exact) mass is 391 g/mol. The third kappa shape index (κ3) is 3.79. The molecular formula is C21H20F3NO3. The van der Waals surface area contributed by atoms with Crippen molar-refractivity contribution in [1.82, 2.24) is 0 Å². The van der Waals surface area contributed by atoms with Crippen molar-refractivity contribution in [2.24, 2.45) is 0 Å². The van der Waals surface area contributed by atoms with E-state index in [2.05, 4.69) is 0 Å². The molecule has 0 N–H and O–H groups in total. The Bertz CT molecular complexity index is 854. The van der Waals surface area contributed by atoms with Gasteiger partial charge in [-0.1, -0.05) is 30.3 Å². The Morgan fingerprint density at radius 3 is 2.68 bits per heavy atom. The molecule has 0 bridgehead atoms. The molecule has 4 rings (SSSR count). The number of aryl methyl sites for hydroxylation is 1. The highest BCUT2D eigenvalue weighted by Gasteiger charge is 2.45. The van der Waals surface area contributed by atoms with Crippen molar-refractivity contribution in [1.29, 1.82) is 0 Å². The van der Waals surface area contributed by atoms with Gasteiger partial charge in [0.2, 0.25) is 0 Å². The van der Waals surface area contributed by atoms with E-state index in [9.17, 15) is 18.0 Å². The summed E-state index contributed by atoms with van der Waals surface area (Å²) in [7, 11) is 0. The summed E-state index contributed by atoms with van der Waals surface area (Å²) >= 11 is 0. The number of carbonyl (C=O) groups is 1. The zero-order chi connectivity index (χ0) is 19.7. The van der Waals surface area contributed by atoms with E-state index in [4.69, 9.17) is 9.47 Å². The molecule has 7 heteroatoms. The van der Waals surface area contributed by atoms with Crippen LogP contribution in [-0.2, 0) is 11.2 Å². The maximum absolute atomic E-state index is 12.5. The van der Waals surface area contributed by atoms with Gasteiger partial charge in [-0.3, -0.25) is 4.90 Å². The van der Waals surface area contributed by atoms with E-state index in [1.165, 1.54) is 0 Å². The first-order valence-corrected chi connectivity index (χ1v) is 9.30. The standard InChI is InChI=1S/C21H20F3NO3/c22-21(23,24)11-4-12-27-16-8-10-17-15(13-16)7-9-18-19(28-20(26)25(17)18)14-5-2-1-3-6-14/h1-3,5-6,8,10,13,18-19H,4,7,9,11-12H2/t18-,19-/m0/s1. The van der Waals surface area contributed by atoms with Crippen LogP contribution in [0.3, 0.4) is 0 Å². The van der Waals surface area contributed by atoms with Gasteiger partial charge in [-0.2, -0.15) is 13.2 Å². The molecule has 2 aliphatic heterocycles. The molecule has 28 heavy (non-hydrogen) atoms. The zero-order valence-corrected chi connectivity index (χ0v) is 15.1. The molecule has 0 spiro atoms. The van der Waals surface area contributed by atoms with Crippen molar-refractivity contribution in [2.75, 3.05) is 11.5 Å². The van der Waals surface area contributed by atoms with Crippen molar-refractivity contribution < 1.29 is 27.4 Å². The number of anilines is 1. The molecule has 0 aromatic heterocycles. The summed E-state index contributed by atoms with van der Waals surface area (Å²) in [4.78, 5) is 14.2. The highest BCUT2D eigenvalue weighted by Crippen LogP contribution is 2.43. The number of ether oxygens (including phenoxy) is 2. The molecule has 2 aromatic rings. The molecule has 0 aliphatic carbocycles. The number of carbonyl (C=O) groups excluding carboxylic acids is 1. The topological polar surface area (TPSA) is 38.8 Å². The molecule has 2 atom stereocenters. The van der Waals surface area contributed by atoms with Gasteiger partial charge in [-0.05, 0) is 48.6 Å². The number of cyclic esters (lactones) is 1. The van der Waals surface area contributed by atoms with Crippen molar-refractivity contribution in [3.8, 4) is 5.75 Å². The minimum absolute atomic E-state index is 0.00274. The fourth-order valence-corrected chi connectivity index (χ4v) is 3.86. The highest BCUT2D eigenvalue weighted by atomic mass is 19.4. The van der Waals surface area contributed by atoms with Crippen molar-refractivity contribution in [2.45, 2.75) is 44.0 Å². The number of nitrogens with zero attached hydrogens (tertiary/aromatic N) is 1. The summed E-state index contributed by atoms with van der Waals surface area (Å²) in [5, 5.41) is 0. The van der Waals surface area contributed by atoms with Crippen molar-refractivity contribution >= 4 is 11.8 Å². The van der Waals surface area contributed by atoms with Crippen molar-refractivity contribution in [3.05, 3.63) is 59.7 Å². The minimum Gasteiger partial charge on any atom is -0.494 e. The number of benzene rings is 2. The lowest BCUT2D eigenvalue weighted by Crippen LogP contribution is -2.38.